The fourth-order valence-corrected chi connectivity index (χ4v) is 3.64. The summed E-state index contributed by atoms with van der Waals surface area (Å²) < 4.78 is 9.87. The van der Waals surface area contributed by atoms with E-state index in [1.807, 2.05) is 0 Å². The topological polar surface area (TPSA) is 93.1 Å². The zero-order valence-corrected chi connectivity index (χ0v) is 17.3. The van der Waals surface area contributed by atoms with E-state index in [0.29, 0.717) is 64.6 Å². The van der Waals surface area contributed by atoms with Crippen LogP contribution in [0.25, 0.3) is 0 Å². The molecule has 0 spiro atoms. The standard InChI is InChI=1S/2C11H18O3/c2*1-3-11(13)7-5-9(6-8-11)10(12)14-4-2/h2*3,9,13H,1,4-8H2,2H3. The molecule has 6 nitrogen and oxygen atoms in total. The highest BCUT2D eigenvalue weighted by molar-refractivity contribution is 5.73. The molecule has 0 aliphatic heterocycles. The molecule has 0 amide bonds. The summed E-state index contributed by atoms with van der Waals surface area (Å²) in [6.45, 7) is 11.7. The Morgan fingerprint density at radius 1 is 0.821 bits per heavy atom. The number of ether oxygens (including phenoxy) is 2. The molecular weight excluding hydrogens is 360 g/mol. The Hall–Kier alpha value is -1.66. The van der Waals surface area contributed by atoms with Crippen LogP contribution in [0.3, 0.4) is 0 Å². The Bertz CT molecular complexity index is 477. The molecule has 0 aromatic carbocycles. The van der Waals surface area contributed by atoms with Crippen LogP contribution in [0.15, 0.2) is 25.3 Å². The summed E-state index contributed by atoms with van der Waals surface area (Å²) in [6, 6.07) is 0. The first-order valence-corrected chi connectivity index (χ1v) is 10.3. The molecule has 28 heavy (non-hydrogen) atoms. The second kappa shape index (κ2) is 11.4. The fraction of sp³-hybridized carbons (Fsp3) is 0.727. The van der Waals surface area contributed by atoms with E-state index in [2.05, 4.69) is 13.2 Å². The van der Waals surface area contributed by atoms with Crippen molar-refractivity contribution in [2.75, 3.05) is 13.2 Å². The van der Waals surface area contributed by atoms with Crippen LogP contribution in [-0.2, 0) is 19.1 Å². The van der Waals surface area contributed by atoms with Crippen molar-refractivity contribution in [3.8, 4) is 0 Å². The Kier molecular flexibility index (Phi) is 9.90. The molecule has 2 aliphatic rings. The van der Waals surface area contributed by atoms with Gasteiger partial charge >= 0.3 is 11.9 Å². The second-order valence-corrected chi connectivity index (χ2v) is 7.67. The number of aliphatic hydroxyl groups is 2. The van der Waals surface area contributed by atoms with E-state index >= 15 is 0 Å². The summed E-state index contributed by atoms with van der Waals surface area (Å²) in [5.41, 5.74) is -1.52. The summed E-state index contributed by atoms with van der Waals surface area (Å²) in [5.74, 6) is -0.317. The maximum atomic E-state index is 11.4. The summed E-state index contributed by atoms with van der Waals surface area (Å²) in [4.78, 5) is 22.7. The minimum Gasteiger partial charge on any atom is -0.466 e. The predicted octanol–water partition coefficient (Wildman–Crippen LogP) is 3.31. The summed E-state index contributed by atoms with van der Waals surface area (Å²) in [5, 5.41) is 19.7. The lowest BCUT2D eigenvalue weighted by Gasteiger charge is -2.32. The van der Waals surface area contributed by atoms with E-state index < -0.39 is 11.2 Å². The van der Waals surface area contributed by atoms with Crippen molar-refractivity contribution >= 4 is 11.9 Å². The van der Waals surface area contributed by atoms with Gasteiger partial charge in [0.25, 0.3) is 0 Å². The van der Waals surface area contributed by atoms with E-state index in [1.165, 1.54) is 0 Å². The van der Waals surface area contributed by atoms with Crippen LogP contribution in [0.2, 0.25) is 0 Å². The van der Waals surface area contributed by atoms with Gasteiger partial charge in [-0.15, -0.1) is 13.2 Å². The van der Waals surface area contributed by atoms with Gasteiger partial charge in [-0.3, -0.25) is 9.59 Å². The Balaban J connectivity index is 0.000000280. The average Bonchev–Trinajstić information content (AvgIpc) is 2.70. The van der Waals surface area contributed by atoms with Gasteiger partial charge in [-0.1, -0.05) is 12.2 Å². The van der Waals surface area contributed by atoms with Gasteiger partial charge in [-0.05, 0) is 65.2 Å². The van der Waals surface area contributed by atoms with Crippen molar-refractivity contribution in [2.45, 2.75) is 76.4 Å². The second-order valence-electron chi connectivity index (χ2n) is 7.67. The highest BCUT2D eigenvalue weighted by atomic mass is 16.5. The van der Waals surface area contributed by atoms with Gasteiger partial charge < -0.3 is 19.7 Å². The van der Waals surface area contributed by atoms with Gasteiger partial charge in [0.2, 0.25) is 0 Å². The van der Waals surface area contributed by atoms with Gasteiger partial charge in [-0.2, -0.15) is 0 Å². The molecular formula is C22H36O6. The zero-order valence-electron chi connectivity index (χ0n) is 17.3. The normalized spacial score (nSPS) is 32.3. The van der Waals surface area contributed by atoms with Crippen molar-refractivity contribution in [1.82, 2.24) is 0 Å². The van der Waals surface area contributed by atoms with Crippen LogP contribution in [0, 0.1) is 11.8 Å². The first kappa shape index (κ1) is 24.4. The van der Waals surface area contributed by atoms with Crippen LogP contribution >= 0.6 is 0 Å². The fourth-order valence-electron chi connectivity index (χ4n) is 3.64. The molecule has 0 aromatic heterocycles. The van der Waals surface area contributed by atoms with Gasteiger partial charge in [0.15, 0.2) is 0 Å². The third-order valence-corrected chi connectivity index (χ3v) is 5.70. The van der Waals surface area contributed by atoms with Crippen molar-refractivity contribution in [3.63, 3.8) is 0 Å². The van der Waals surface area contributed by atoms with Crippen molar-refractivity contribution in [2.24, 2.45) is 11.8 Å². The first-order valence-electron chi connectivity index (χ1n) is 10.3. The molecule has 2 N–H and O–H groups in total. The largest absolute Gasteiger partial charge is 0.466 e. The minimum absolute atomic E-state index is 0.0322. The Morgan fingerprint density at radius 3 is 1.32 bits per heavy atom. The SMILES string of the molecule is C=CC1(O)CCC(C(=O)OCC)CC1.C=CC1(O)CCC(C(=O)OCC)CC1. The molecule has 0 saturated heterocycles. The predicted molar refractivity (Wildman–Crippen MR) is 107 cm³/mol. The minimum atomic E-state index is -0.761. The molecule has 0 heterocycles. The lowest BCUT2D eigenvalue weighted by Crippen LogP contribution is -2.34. The molecule has 0 bridgehead atoms. The molecule has 0 unspecified atom stereocenters. The highest BCUT2D eigenvalue weighted by Gasteiger charge is 2.34. The quantitative estimate of drug-likeness (QED) is 0.528. The van der Waals surface area contributed by atoms with E-state index in [0.717, 1.165) is 0 Å². The van der Waals surface area contributed by atoms with Gasteiger partial charge in [0.1, 0.15) is 0 Å². The maximum absolute atomic E-state index is 11.4. The summed E-state index contributed by atoms with van der Waals surface area (Å²) >= 11 is 0. The monoisotopic (exact) mass is 396 g/mol. The van der Waals surface area contributed by atoms with Crippen molar-refractivity contribution < 1.29 is 29.3 Å². The average molecular weight is 397 g/mol. The third-order valence-electron chi connectivity index (χ3n) is 5.70. The van der Waals surface area contributed by atoms with E-state index in [4.69, 9.17) is 9.47 Å². The molecule has 2 fully saturated rings. The van der Waals surface area contributed by atoms with Crippen molar-refractivity contribution in [1.29, 1.82) is 0 Å². The van der Waals surface area contributed by atoms with Gasteiger partial charge in [0.05, 0.1) is 36.3 Å². The van der Waals surface area contributed by atoms with Crippen LogP contribution < -0.4 is 0 Å². The number of carbonyl (C=O) groups excluding carboxylic acids is 2. The van der Waals surface area contributed by atoms with Crippen LogP contribution in [0.5, 0.6) is 0 Å². The van der Waals surface area contributed by atoms with Gasteiger partial charge in [0, 0.05) is 0 Å². The Morgan fingerprint density at radius 2 is 1.11 bits per heavy atom. The maximum Gasteiger partial charge on any atom is 0.308 e. The zero-order chi connectivity index (χ0) is 21.2. The number of esters is 2. The molecule has 2 rings (SSSR count). The Labute approximate surface area is 168 Å². The number of hydrogen-bond acceptors (Lipinski definition) is 6. The molecule has 0 radical (unpaired) electrons. The molecule has 6 heteroatoms. The first-order chi connectivity index (χ1) is 13.2. The molecule has 0 aromatic rings. The van der Waals surface area contributed by atoms with Crippen LogP contribution in [-0.4, -0.2) is 46.6 Å². The summed E-state index contributed by atoms with van der Waals surface area (Å²) in [6.07, 6.45) is 8.38. The smallest absolute Gasteiger partial charge is 0.308 e. The molecule has 2 aliphatic carbocycles. The van der Waals surface area contributed by atoms with E-state index in [-0.39, 0.29) is 23.8 Å². The number of carbonyl (C=O) groups is 2. The molecule has 0 atom stereocenters. The lowest BCUT2D eigenvalue weighted by molar-refractivity contribution is -0.151. The van der Waals surface area contributed by atoms with Crippen molar-refractivity contribution in [3.05, 3.63) is 25.3 Å². The molecule has 160 valence electrons. The summed E-state index contributed by atoms with van der Waals surface area (Å²) in [7, 11) is 0. The lowest BCUT2D eigenvalue weighted by atomic mass is 9.79. The van der Waals surface area contributed by atoms with Crippen LogP contribution in [0.1, 0.15) is 65.2 Å². The van der Waals surface area contributed by atoms with E-state index in [9.17, 15) is 19.8 Å². The molecule has 2 saturated carbocycles. The number of rotatable bonds is 6. The third kappa shape index (κ3) is 7.40. The highest BCUT2D eigenvalue weighted by Crippen LogP contribution is 2.34. The van der Waals surface area contributed by atoms with Crippen LogP contribution in [0.4, 0.5) is 0 Å². The number of hydrogen-bond donors (Lipinski definition) is 2. The van der Waals surface area contributed by atoms with Gasteiger partial charge in [-0.25, -0.2) is 0 Å². The van der Waals surface area contributed by atoms with E-state index in [1.54, 1.807) is 26.0 Å².